The summed E-state index contributed by atoms with van der Waals surface area (Å²) in [4.78, 5) is 16.3. The molecule has 0 radical (unpaired) electrons. The Balaban J connectivity index is 1.85. The second-order valence-corrected chi connectivity index (χ2v) is 5.65. The molecule has 1 aliphatic heterocycles. The van der Waals surface area contributed by atoms with Gasteiger partial charge in [-0.15, -0.1) is 0 Å². The monoisotopic (exact) mass is 276 g/mol. The Morgan fingerprint density at radius 2 is 1.85 bits per heavy atom. The maximum Gasteiger partial charge on any atom is 0.415 e. The van der Waals surface area contributed by atoms with Gasteiger partial charge in [0.05, 0.1) is 0 Å². The molecule has 1 aromatic carbocycles. The normalized spacial score (nSPS) is 17.2. The average Bonchev–Trinajstić information content (AvgIpc) is 2.47. The van der Waals surface area contributed by atoms with Crippen molar-refractivity contribution in [2.24, 2.45) is 0 Å². The van der Waals surface area contributed by atoms with E-state index in [2.05, 4.69) is 18.7 Å². The van der Waals surface area contributed by atoms with Crippen molar-refractivity contribution >= 4 is 6.09 Å². The van der Waals surface area contributed by atoms with Crippen molar-refractivity contribution in [3.63, 3.8) is 0 Å². The molecule has 0 spiro atoms. The number of benzene rings is 1. The lowest BCUT2D eigenvalue weighted by Crippen LogP contribution is -2.48. The molecule has 0 aliphatic carbocycles. The van der Waals surface area contributed by atoms with Crippen molar-refractivity contribution in [1.82, 2.24) is 9.80 Å². The summed E-state index contributed by atoms with van der Waals surface area (Å²) in [6, 6.07) is 10.1. The summed E-state index contributed by atoms with van der Waals surface area (Å²) in [5.41, 5.74) is 0. The molecule has 1 aliphatic rings. The van der Waals surface area contributed by atoms with Crippen LogP contribution in [-0.2, 0) is 0 Å². The van der Waals surface area contributed by atoms with Gasteiger partial charge in [-0.2, -0.15) is 0 Å². The van der Waals surface area contributed by atoms with Crippen molar-refractivity contribution in [2.75, 3.05) is 20.1 Å². The number of carbonyl (C=O) groups is 1. The number of likely N-dealkylation sites (tertiary alicyclic amines) is 1. The highest BCUT2D eigenvalue weighted by atomic mass is 16.6. The minimum atomic E-state index is -0.265. The predicted octanol–water partition coefficient (Wildman–Crippen LogP) is 2.99. The third kappa shape index (κ3) is 3.73. The Morgan fingerprint density at radius 1 is 1.25 bits per heavy atom. The molecule has 4 nitrogen and oxygen atoms in total. The summed E-state index contributed by atoms with van der Waals surface area (Å²) in [5.74, 6) is 0.601. The quantitative estimate of drug-likeness (QED) is 0.851. The van der Waals surface area contributed by atoms with Crippen LogP contribution < -0.4 is 4.74 Å². The van der Waals surface area contributed by atoms with E-state index in [9.17, 15) is 4.79 Å². The maximum absolute atomic E-state index is 12.1. The summed E-state index contributed by atoms with van der Waals surface area (Å²) < 4.78 is 5.38. The van der Waals surface area contributed by atoms with E-state index in [4.69, 9.17) is 4.74 Å². The summed E-state index contributed by atoms with van der Waals surface area (Å²) in [6.07, 6.45) is 1.76. The molecule has 0 saturated carbocycles. The Kier molecular flexibility index (Phi) is 5.01. The van der Waals surface area contributed by atoms with Crippen LogP contribution in [0.25, 0.3) is 0 Å². The van der Waals surface area contributed by atoms with Crippen LogP contribution >= 0.6 is 0 Å². The van der Waals surface area contributed by atoms with E-state index in [-0.39, 0.29) is 12.1 Å². The van der Waals surface area contributed by atoms with Crippen LogP contribution in [0.1, 0.15) is 26.7 Å². The van der Waals surface area contributed by atoms with E-state index >= 15 is 0 Å². The van der Waals surface area contributed by atoms with Gasteiger partial charge in [0.25, 0.3) is 0 Å². The lowest BCUT2D eigenvalue weighted by molar-refractivity contribution is 0.0982. The van der Waals surface area contributed by atoms with Crippen molar-refractivity contribution < 1.29 is 9.53 Å². The molecule has 1 saturated heterocycles. The summed E-state index contributed by atoms with van der Waals surface area (Å²) in [6.45, 7) is 6.53. The Bertz CT molecular complexity index is 425. The van der Waals surface area contributed by atoms with Gasteiger partial charge >= 0.3 is 6.09 Å². The standard InChI is InChI=1S/C16H24N2O2/c1-13(2)18-11-9-14(10-12-18)17(3)16(19)20-15-7-5-4-6-8-15/h4-8,13-14H,9-12H2,1-3H3. The number of ether oxygens (including phenoxy) is 1. The zero-order valence-corrected chi connectivity index (χ0v) is 12.6. The number of hydrogen-bond donors (Lipinski definition) is 0. The van der Waals surface area contributed by atoms with Gasteiger partial charge in [-0.3, -0.25) is 0 Å². The molecule has 2 rings (SSSR count). The third-order valence-corrected chi connectivity index (χ3v) is 4.01. The molecule has 0 aromatic heterocycles. The zero-order valence-electron chi connectivity index (χ0n) is 12.6. The fourth-order valence-electron chi connectivity index (χ4n) is 2.60. The van der Waals surface area contributed by atoms with E-state index in [1.54, 1.807) is 17.0 Å². The number of piperidine rings is 1. The van der Waals surface area contributed by atoms with Crippen LogP contribution in [0, 0.1) is 0 Å². The second kappa shape index (κ2) is 6.75. The van der Waals surface area contributed by atoms with E-state index in [1.807, 2.05) is 25.2 Å². The first-order valence-corrected chi connectivity index (χ1v) is 7.31. The molecule has 1 heterocycles. The number of nitrogens with zero attached hydrogens (tertiary/aromatic N) is 2. The van der Waals surface area contributed by atoms with E-state index < -0.39 is 0 Å². The van der Waals surface area contributed by atoms with Crippen molar-refractivity contribution in [3.05, 3.63) is 30.3 Å². The molecular weight excluding hydrogens is 252 g/mol. The predicted molar refractivity (Wildman–Crippen MR) is 80.0 cm³/mol. The van der Waals surface area contributed by atoms with Gasteiger partial charge in [-0.25, -0.2) is 4.79 Å². The van der Waals surface area contributed by atoms with Gasteiger partial charge in [0.2, 0.25) is 0 Å². The van der Waals surface area contributed by atoms with Crippen molar-refractivity contribution in [1.29, 1.82) is 0 Å². The minimum absolute atomic E-state index is 0.265. The Labute approximate surface area is 121 Å². The molecule has 0 unspecified atom stereocenters. The zero-order chi connectivity index (χ0) is 14.5. The fraction of sp³-hybridized carbons (Fsp3) is 0.562. The highest BCUT2D eigenvalue weighted by Crippen LogP contribution is 2.19. The van der Waals surface area contributed by atoms with Gasteiger partial charge in [0.15, 0.2) is 0 Å². The number of rotatable bonds is 3. The van der Waals surface area contributed by atoms with E-state index in [1.165, 1.54) is 0 Å². The van der Waals surface area contributed by atoms with E-state index in [0.717, 1.165) is 25.9 Å². The molecule has 0 bridgehead atoms. The van der Waals surface area contributed by atoms with Gasteiger partial charge in [-0.05, 0) is 38.8 Å². The number of hydrogen-bond acceptors (Lipinski definition) is 3. The second-order valence-electron chi connectivity index (χ2n) is 5.65. The first-order chi connectivity index (χ1) is 9.58. The molecule has 1 fully saturated rings. The molecule has 20 heavy (non-hydrogen) atoms. The van der Waals surface area contributed by atoms with Crippen LogP contribution in [0.4, 0.5) is 4.79 Å². The van der Waals surface area contributed by atoms with Crippen molar-refractivity contribution in [3.8, 4) is 5.75 Å². The summed E-state index contributed by atoms with van der Waals surface area (Å²) >= 11 is 0. The molecule has 110 valence electrons. The van der Waals surface area contributed by atoms with Crippen LogP contribution in [0.5, 0.6) is 5.75 Å². The third-order valence-electron chi connectivity index (χ3n) is 4.01. The van der Waals surface area contributed by atoms with Crippen LogP contribution in [-0.4, -0.2) is 48.1 Å². The summed E-state index contributed by atoms with van der Waals surface area (Å²) in [5, 5.41) is 0. The highest BCUT2D eigenvalue weighted by molar-refractivity contribution is 5.70. The van der Waals surface area contributed by atoms with Gasteiger partial charge in [0, 0.05) is 32.2 Å². The average molecular weight is 276 g/mol. The van der Waals surface area contributed by atoms with Gasteiger partial charge < -0.3 is 14.5 Å². The first kappa shape index (κ1) is 14.9. The number of amides is 1. The number of carbonyl (C=O) groups excluding carboxylic acids is 1. The van der Waals surface area contributed by atoms with Crippen LogP contribution in [0.15, 0.2) is 30.3 Å². The molecule has 0 N–H and O–H groups in total. The maximum atomic E-state index is 12.1. The highest BCUT2D eigenvalue weighted by Gasteiger charge is 2.27. The first-order valence-electron chi connectivity index (χ1n) is 7.31. The molecule has 1 aromatic rings. The van der Waals surface area contributed by atoms with Crippen LogP contribution in [0.2, 0.25) is 0 Å². The topological polar surface area (TPSA) is 32.8 Å². The lowest BCUT2D eigenvalue weighted by atomic mass is 10.0. The van der Waals surface area contributed by atoms with Gasteiger partial charge in [-0.1, -0.05) is 18.2 Å². The smallest absolute Gasteiger partial charge is 0.410 e. The largest absolute Gasteiger partial charge is 0.415 e. The minimum Gasteiger partial charge on any atom is -0.410 e. The van der Waals surface area contributed by atoms with E-state index in [0.29, 0.717) is 11.8 Å². The molecule has 4 heteroatoms. The van der Waals surface area contributed by atoms with Crippen molar-refractivity contribution in [2.45, 2.75) is 38.8 Å². The van der Waals surface area contributed by atoms with Crippen LogP contribution in [0.3, 0.4) is 0 Å². The number of para-hydroxylation sites is 1. The van der Waals surface area contributed by atoms with Gasteiger partial charge in [0.1, 0.15) is 5.75 Å². The molecule has 1 amide bonds. The fourth-order valence-corrected chi connectivity index (χ4v) is 2.60. The Morgan fingerprint density at radius 3 is 2.40 bits per heavy atom. The molecule has 0 atom stereocenters. The SMILES string of the molecule is CC(C)N1CCC(N(C)C(=O)Oc2ccccc2)CC1. The lowest BCUT2D eigenvalue weighted by Gasteiger charge is -2.37. The Hall–Kier alpha value is -1.55. The molecular formula is C16H24N2O2. The summed E-state index contributed by atoms with van der Waals surface area (Å²) in [7, 11) is 1.83.